The molecule has 0 spiro atoms. The summed E-state index contributed by atoms with van der Waals surface area (Å²) in [6.45, 7) is 10.0. The minimum absolute atomic E-state index is 0.619. The van der Waals surface area contributed by atoms with E-state index in [2.05, 4.69) is 30.7 Å². The van der Waals surface area contributed by atoms with Crippen LogP contribution in [-0.2, 0) is 4.74 Å². The number of hydrogen-bond donors (Lipinski definition) is 0. The molecular weight excluding hydrogens is 176 g/mol. The molecule has 2 rings (SSSR count). The molecule has 0 radical (unpaired) electrons. The van der Waals surface area contributed by atoms with Gasteiger partial charge in [0, 0.05) is 31.7 Å². The smallest absolute Gasteiger partial charge is 0.0635 e. The van der Waals surface area contributed by atoms with Crippen LogP contribution in [0, 0.1) is 5.92 Å². The second-order valence-corrected chi connectivity index (χ2v) is 4.91. The molecule has 0 bridgehead atoms. The van der Waals surface area contributed by atoms with Crippen molar-refractivity contribution in [2.75, 3.05) is 39.9 Å². The van der Waals surface area contributed by atoms with Crippen molar-refractivity contribution in [2.45, 2.75) is 25.9 Å². The standard InChI is InChI=1S/C11H22N2O/c1-9-6-12(3)7-11-8-14-5-4-13(11)10(9)2/h9-11H,4-8H2,1-3H3/t9-,10-,11?/m1/s1. The highest BCUT2D eigenvalue weighted by molar-refractivity contribution is 4.88. The first-order valence-electron chi connectivity index (χ1n) is 5.70. The van der Waals surface area contributed by atoms with Crippen molar-refractivity contribution in [3.63, 3.8) is 0 Å². The molecule has 2 aliphatic rings. The van der Waals surface area contributed by atoms with E-state index < -0.39 is 0 Å². The molecule has 0 aromatic heterocycles. The average molecular weight is 198 g/mol. The van der Waals surface area contributed by atoms with Crippen molar-refractivity contribution in [2.24, 2.45) is 5.92 Å². The van der Waals surface area contributed by atoms with Gasteiger partial charge in [-0.15, -0.1) is 0 Å². The summed E-state index contributed by atoms with van der Waals surface area (Å²) in [5.41, 5.74) is 0. The molecule has 0 saturated carbocycles. The van der Waals surface area contributed by atoms with E-state index >= 15 is 0 Å². The van der Waals surface area contributed by atoms with Gasteiger partial charge >= 0.3 is 0 Å². The molecule has 0 aliphatic carbocycles. The summed E-state index contributed by atoms with van der Waals surface area (Å²) in [4.78, 5) is 5.08. The third kappa shape index (κ3) is 1.95. The van der Waals surface area contributed by atoms with Crippen molar-refractivity contribution < 1.29 is 4.74 Å². The van der Waals surface area contributed by atoms with Gasteiger partial charge in [-0.25, -0.2) is 0 Å². The van der Waals surface area contributed by atoms with E-state index in [-0.39, 0.29) is 0 Å². The van der Waals surface area contributed by atoms with Crippen LogP contribution in [0.1, 0.15) is 13.8 Å². The number of hydrogen-bond acceptors (Lipinski definition) is 3. The maximum Gasteiger partial charge on any atom is 0.0635 e. The predicted octanol–water partition coefficient (Wildman–Crippen LogP) is 0.657. The number of rotatable bonds is 0. The first-order valence-corrected chi connectivity index (χ1v) is 5.70. The van der Waals surface area contributed by atoms with Gasteiger partial charge in [-0.3, -0.25) is 4.90 Å². The van der Waals surface area contributed by atoms with Crippen LogP contribution in [0.5, 0.6) is 0 Å². The van der Waals surface area contributed by atoms with Gasteiger partial charge in [-0.05, 0) is 19.9 Å². The Kier molecular flexibility index (Phi) is 3.10. The van der Waals surface area contributed by atoms with E-state index in [0.717, 1.165) is 32.2 Å². The van der Waals surface area contributed by atoms with Gasteiger partial charge in [0.25, 0.3) is 0 Å². The van der Waals surface area contributed by atoms with E-state index in [9.17, 15) is 0 Å². The zero-order valence-corrected chi connectivity index (χ0v) is 9.57. The maximum absolute atomic E-state index is 5.56. The van der Waals surface area contributed by atoms with Crippen LogP contribution in [0.15, 0.2) is 0 Å². The Bertz CT molecular complexity index is 198. The Labute approximate surface area is 87.0 Å². The summed E-state index contributed by atoms with van der Waals surface area (Å²) in [5.74, 6) is 0.767. The van der Waals surface area contributed by atoms with Crippen molar-refractivity contribution in [1.29, 1.82) is 0 Å². The van der Waals surface area contributed by atoms with E-state index in [0.29, 0.717) is 12.1 Å². The van der Waals surface area contributed by atoms with Gasteiger partial charge in [-0.2, -0.15) is 0 Å². The number of likely N-dealkylation sites (N-methyl/N-ethyl adjacent to an activating group) is 1. The van der Waals surface area contributed by atoms with Crippen LogP contribution in [0.4, 0.5) is 0 Å². The quantitative estimate of drug-likeness (QED) is 0.568. The molecule has 3 atom stereocenters. The molecule has 2 saturated heterocycles. The van der Waals surface area contributed by atoms with E-state index in [1.54, 1.807) is 0 Å². The SMILES string of the molecule is C[C@@H]1CN(C)CC2COCCN2[C@@H]1C. The lowest BCUT2D eigenvalue weighted by molar-refractivity contribution is -0.0286. The van der Waals surface area contributed by atoms with E-state index in [1.807, 2.05) is 0 Å². The Balaban J connectivity index is 2.10. The summed E-state index contributed by atoms with van der Waals surface area (Å²) >= 11 is 0. The highest BCUT2D eigenvalue weighted by atomic mass is 16.5. The third-order valence-corrected chi connectivity index (χ3v) is 3.74. The van der Waals surface area contributed by atoms with Crippen molar-refractivity contribution in [1.82, 2.24) is 9.80 Å². The molecule has 2 heterocycles. The molecule has 0 amide bonds. The Morgan fingerprint density at radius 2 is 2.00 bits per heavy atom. The van der Waals surface area contributed by atoms with Gasteiger partial charge in [0.15, 0.2) is 0 Å². The van der Waals surface area contributed by atoms with Gasteiger partial charge in [0.1, 0.15) is 0 Å². The number of nitrogens with zero attached hydrogens (tertiary/aromatic N) is 2. The largest absolute Gasteiger partial charge is 0.378 e. The maximum atomic E-state index is 5.56. The topological polar surface area (TPSA) is 15.7 Å². The summed E-state index contributed by atoms with van der Waals surface area (Å²) in [7, 11) is 2.22. The van der Waals surface area contributed by atoms with Gasteiger partial charge < -0.3 is 9.64 Å². The number of ether oxygens (including phenoxy) is 1. The lowest BCUT2D eigenvalue weighted by Crippen LogP contribution is -2.52. The predicted molar refractivity (Wildman–Crippen MR) is 57.4 cm³/mol. The molecular formula is C11H22N2O. The van der Waals surface area contributed by atoms with Crippen LogP contribution in [0.3, 0.4) is 0 Å². The van der Waals surface area contributed by atoms with Gasteiger partial charge in [-0.1, -0.05) is 6.92 Å². The van der Waals surface area contributed by atoms with Gasteiger partial charge in [0.05, 0.1) is 13.2 Å². The highest BCUT2D eigenvalue weighted by Gasteiger charge is 2.33. The third-order valence-electron chi connectivity index (χ3n) is 3.74. The fraction of sp³-hybridized carbons (Fsp3) is 1.00. The fourth-order valence-electron chi connectivity index (χ4n) is 2.77. The summed E-state index contributed by atoms with van der Waals surface area (Å²) in [5, 5.41) is 0. The van der Waals surface area contributed by atoms with Gasteiger partial charge in [0.2, 0.25) is 0 Å². The Morgan fingerprint density at radius 1 is 1.21 bits per heavy atom. The second kappa shape index (κ2) is 4.17. The van der Waals surface area contributed by atoms with Crippen LogP contribution in [-0.4, -0.2) is 61.8 Å². The minimum Gasteiger partial charge on any atom is -0.378 e. The number of fused-ring (bicyclic) bond motifs is 1. The molecule has 0 aromatic rings. The molecule has 14 heavy (non-hydrogen) atoms. The molecule has 2 aliphatic heterocycles. The molecule has 0 N–H and O–H groups in total. The lowest BCUT2D eigenvalue weighted by Gasteiger charge is -2.39. The summed E-state index contributed by atoms with van der Waals surface area (Å²) in [6.07, 6.45) is 0. The molecule has 3 nitrogen and oxygen atoms in total. The molecule has 1 unspecified atom stereocenters. The first-order chi connectivity index (χ1) is 6.68. The first kappa shape index (κ1) is 10.4. The highest BCUT2D eigenvalue weighted by Crippen LogP contribution is 2.22. The van der Waals surface area contributed by atoms with Crippen LogP contribution < -0.4 is 0 Å². The van der Waals surface area contributed by atoms with E-state index in [1.165, 1.54) is 6.54 Å². The number of morpholine rings is 1. The molecule has 2 fully saturated rings. The average Bonchev–Trinajstić information content (AvgIpc) is 2.26. The second-order valence-electron chi connectivity index (χ2n) is 4.91. The van der Waals surface area contributed by atoms with Crippen LogP contribution >= 0.6 is 0 Å². The molecule has 82 valence electrons. The monoisotopic (exact) mass is 198 g/mol. The van der Waals surface area contributed by atoms with Crippen molar-refractivity contribution in [3.8, 4) is 0 Å². The fourth-order valence-corrected chi connectivity index (χ4v) is 2.77. The van der Waals surface area contributed by atoms with Crippen LogP contribution in [0.2, 0.25) is 0 Å². The Hall–Kier alpha value is -0.120. The summed E-state index contributed by atoms with van der Waals surface area (Å²) < 4.78 is 5.56. The van der Waals surface area contributed by atoms with E-state index in [4.69, 9.17) is 4.74 Å². The molecule has 0 aromatic carbocycles. The zero-order chi connectivity index (χ0) is 10.1. The minimum atomic E-state index is 0.619. The Morgan fingerprint density at radius 3 is 2.79 bits per heavy atom. The lowest BCUT2D eigenvalue weighted by atomic mass is 10.0. The molecule has 3 heteroatoms. The van der Waals surface area contributed by atoms with Crippen molar-refractivity contribution >= 4 is 0 Å². The summed E-state index contributed by atoms with van der Waals surface area (Å²) in [6, 6.07) is 1.32. The van der Waals surface area contributed by atoms with Crippen LogP contribution in [0.25, 0.3) is 0 Å². The zero-order valence-electron chi connectivity index (χ0n) is 9.57. The van der Waals surface area contributed by atoms with Crippen molar-refractivity contribution in [3.05, 3.63) is 0 Å². The normalized spacial score (nSPS) is 41.8.